The van der Waals surface area contributed by atoms with Crippen molar-refractivity contribution < 1.29 is 14.7 Å². The number of β-amino-alcohol motifs (C(OH)–C–C–N with tert-alkyl or cyclic N) is 1. The van der Waals surface area contributed by atoms with Crippen molar-refractivity contribution in [2.45, 2.75) is 39.7 Å². The molecule has 6 nitrogen and oxygen atoms in total. The molecule has 3 atom stereocenters. The summed E-state index contributed by atoms with van der Waals surface area (Å²) in [6.45, 7) is 11.3. The average Bonchev–Trinajstić information content (AvgIpc) is 2.97. The number of piperazine rings is 1. The molecule has 0 radical (unpaired) electrons. The van der Waals surface area contributed by atoms with Gasteiger partial charge in [0.05, 0.1) is 18.1 Å². The van der Waals surface area contributed by atoms with Gasteiger partial charge < -0.3 is 5.11 Å². The van der Waals surface area contributed by atoms with Crippen molar-refractivity contribution in [1.29, 1.82) is 0 Å². The molecular formula is C26H37N3O3. The summed E-state index contributed by atoms with van der Waals surface area (Å²) in [6, 6.07) is 10.3. The van der Waals surface area contributed by atoms with Crippen LogP contribution >= 0.6 is 0 Å². The molecule has 1 aromatic rings. The molecule has 6 heteroatoms. The number of rotatable bonds is 7. The zero-order chi connectivity index (χ0) is 22.9. The number of hydrogen-bond acceptors (Lipinski definition) is 5. The molecule has 1 aromatic carbocycles. The first-order chi connectivity index (χ1) is 15.2. The van der Waals surface area contributed by atoms with E-state index in [9.17, 15) is 14.7 Å². The van der Waals surface area contributed by atoms with Crippen molar-refractivity contribution in [3.05, 3.63) is 42.0 Å². The number of carbonyl (C=O) groups excluding carboxylic acids is 2. The number of likely N-dealkylation sites (tertiary alicyclic amines) is 1. The number of imide groups is 1. The quantitative estimate of drug-likeness (QED) is 0.662. The van der Waals surface area contributed by atoms with E-state index in [4.69, 9.17) is 0 Å². The molecule has 1 N–H and O–H groups in total. The van der Waals surface area contributed by atoms with Gasteiger partial charge in [-0.15, -0.1) is 0 Å². The summed E-state index contributed by atoms with van der Waals surface area (Å²) in [4.78, 5) is 32.2. The van der Waals surface area contributed by atoms with Gasteiger partial charge in [0.1, 0.15) is 0 Å². The minimum absolute atomic E-state index is 0.0935. The van der Waals surface area contributed by atoms with Gasteiger partial charge in [0, 0.05) is 45.2 Å². The summed E-state index contributed by atoms with van der Waals surface area (Å²) in [5.74, 6) is -0.316. The van der Waals surface area contributed by atoms with Crippen LogP contribution in [0.4, 0.5) is 0 Å². The van der Waals surface area contributed by atoms with Crippen molar-refractivity contribution in [2.24, 2.45) is 16.7 Å². The molecule has 3 aliphatic rings. The van der Waals surface area contributed by atoms with Crippen LogP contribution in [-0.2, 0) is 9.59 Å². The van der Waals surface area contributed by atoms with Crippen molar-refractivity contribution >= 4 is 17.9 Å². The second-order valence-electron chi connectivity index (χ2n) is 10.5. The summed E-state index contributed by atoms with van der Waals surface area (Å²) in [5.41, 5.74) is 0.389. The third-order valence-corrected chi connectivity index (χ3v) is 8.31. The number of benzene rings is 1. The van der Waals surface area contributed by atoms with Crippen LogP contribution in [0.5, 0.6) is 0 Å². The van der Waals surface area contributed by atoms with E-state index in [1.54, 1.807) is 0 Å². The Labute approximate surface area is 191 Å². The third-order valence-electron chi connectivity index (χ3n) is 8.31. The zero-order valence-electron chi connectivity index (χ0n) is 19.7. The molecule has 2 aliphatic heterocycles. The van der Waals surface area contributed by atoms with Crippen molar-refractivity contribution in [3.8, 4) is 0 Å². The molecule has 3 fully saturated rings. The maximum atomic E-state index is 13.2. The highest BCUT2D eigenvalue weighted by Crippen LogP contribution is 2.60. The van der Waals surface area contributed by atoms with Crippen LogP contribution in [0.15, 0.2) is 36.4 Å². The SMILES string of the molecule is CC1(C)[C@@H]2CC[C@]1(C)C(=O)N(C[C@@H](O)CN1CCN(C/C=C/c3ccccc3)CC1)C2=O. The predicted molar refractivity (Wildman–Crippen MR) is 126 cm³/mol. The Kier molecular flexibility index (Phi) is 6.57. The van der Waals surface area contributed by atoms with E-state index in [-0.39, 0.29) is 29.7 Å². The van der Waals surface area contributed by atoms with Gasteiger partial charge in [0.15, 0.2) is 0 Å². The smallest absolute Gasteiger partial charge is 0.235 e. The van der Waals surface area contributed by atoms with Gasteiger partial charge in [-0.25, -0.2) is 0 Å². The minimum Gasteiger partial charge on any atom is -0.390 e. The highest BCUT2D eigenvalue weighted by atomic mass is 16.3. The van der Waals surface area contributed by atoms with E-state index in [1.165, 1.54) is 10.5 Å². The van der Waals surface area contributed by atoms with Gasteiger partial charge in [0.2, 0.25) is 11.8 Å². The number of aliphatic hydroxyl groups excluding tert-OH is 1. The van der Waals surface area contributed by atoms with E-state index in [0.717, 1.165) is 45.6 Å². The Bertz CT molecular complexity index is 860. The lowest BCUT2D eigenvalue weighted by molar-refractivity contribution is -0.169. The number of nitrogens with zero attached hydrogens (tertiary/aromatic N) is 3. The van der Waals surface area contributed by atoms with Crippen molar-refractivity contribution in [3.63, 3.8) is 0 Å². The monoisotopic (exact) mass is 439 g/mol. The normalized spacial score (nSPS) is 29.8. The Morgan fingerprint density at radius 3 is 2.38 bits per heavy atom. The molecular weight excluding hydrogens is 402 g/mol. The molecule has 32 heavy (non-hydrogen) atoms. The van der Waals surface area contributed by atoms with E-state index < -0.39 is 11.5 Å². The fraction of sp³-hybridized carbons (Fsp3) is 0.615. The first kappa shape index (κ1) is 23.1. The van der Waals surface area contributed by atoms with Crippen LogP contribution in [0.2, 0.25) is 0 Å². The molecule has 1 saturated carbocycles. The lowest BCUT2D eigenvalue weighted by Crippen LogP contribution is -2.61. The lowest BCUT2D eigenvalue weighted by atomic mass is 9.62. The number of carbonyl (C=O) groups is 2. The molecule has 0 unspecified atom stereocenters. The molecule has 4 rings (SSSR count). The maximum Gasteiger partial charge on any atom is 0.235 e. The Hall–Kier alpha value is -2.02. The van der Waals surface area contributed by atoms with Crippen LogP contribution in [0, 0.1) is 16.7 Å². The third kappa shape index (κ3) is 4.28. The van der Waals surface area contributed by atoms with E-state index in [1.807, 2.05) is 39.0 Å². The topological polar surface area (TPSA) is 64.1 Å². The Morgan fingerprint density at radius 1 is 1.03 bits per heavy atom. The van der Waals surface area contributed by atoms with Crippen LogP contribution in [0.25, 0.3) is 6.08 Å². The first-order valence-corrected chi connectivity index (χ1v) is 11.9. The number of hydrogen-bond donors (Lipinski definition) is 1. The summed E-state index contributed by atoms with van der Waals surface area (Å²) in [5, 5.41) is 10.7. The zero-order valence-corrected chi connectivity index (χ0v) is 19.7. The predicted octanol–water partition coefficient (Wildman–Crippen LogP) is 2.49. The second-order valence-corrected chi connectivity index (χ2v) is 10.5. The van der Waals surface area contributed by atoms with Gasteiger partial charge >= 0.3 is 0 Å². The number of piperidine rings is 1. The van der Waals surface area contributed by atoms with Gasteiger partial charge in [-0.3, -0.25) is 24.3 Å². The highest BCUT2D eigenvalue weighted by molar-refractivity contribution is 6.03. The number of aliphatic hydroxyl groups is 1. The summed E-state index contributed by atoms with van der Waals surface area (Å²) in [7, 11) is 0. The van der Waals surface area contributed by atoms with Crippen LogP contribution in [0.1, 0.15) is 39.2 Å². The van der Waals surface area contributed by atoms with E-state index >= 15 is 0 Å². The number of fused-ring (bicyclic) bond motifs is 2. The standard InChI is InChI=1S/C26H37N3O3/c1-25(2)22-11-12-26(25,3)24(32)29(23(22)31)19-21(30)18-28-16-14-27(15-17-28)13-7-10-20-8-5-4-6-9-20/h4-10,21-22,30H,11-19H2,1-3H3/b10-7+/t21-,22+,26+/m0/s1. The van der Waals surface area contributed by atoms with Crippen LogP contribution in [0.3, 0.4) is 0 Å². The molecule has 0 aromatic heterocycles. The number of amides is 2. The maximum absolute atomic E-state index is 13.2. The van der Waals surface area contributed by atoms with Gasteiger partial charge in [-0.2, -0.15) is 0 Å². The van der Waals surface area contributed by atoms with E-state index in [0.29, 0.717) is 6.54 Å². The molecule has 0 spiro atoms. The molecule has 1 aliphatic carbocycles. The molecule has 2 bridgehead atoms. The first-order valence-electron chi connectivity index (χ1n) is 11.9. The fourth-order valence-corrected chi connectivity index (χ4v) is 5.70. The van der Waals surface area contributed by atoms with Crippen LogP contribution in [-0.4, -0.2) is 83.5 Å². The fourth-order valence-electron chi connectivity index (χ4n) is 5.70. The molecule has 2 heterocycles. The second kappa shape index (κ2) is 9.08. The molecule has 174 valence electrons. The highest BCUT2D eigenvalue weighted by Gasteiger charge is 2.64. The van der Waals surface area contributed by atoms with Gasteiger partial charge in [-0.1, -0.05) is 63.3 Å². The summed E-state index contributed by atoms with van der Waals surface area (Å²) in [6.07, 6.45) is 5.15. The summed E-state index contributed by atoms with van der Waals surface area (Å²) >= 11 is 0. The van der Waals surface area contributed by atoms with Crippen molar-refractivity contribution in [2.75, 3.05) is 45.8 Å². The van der Waals surface area contributed by atoms with Gasteiger partial charge in [0.25, 0.3) is 0 Å². The average molecular weight is 440 g/mol. The lowest BCUT2D eigenvalue weighted by Gasteiger charge is -2.48. The van der Waals surface area contributed by atoms with E-state index in [2.05, 4.69) is 34.1 Å². The Morgan fingerprint density at radius 2 is 1.69 bits per heavy atom. The van der Waals surface area contributed by atoms with Crippen molar-refractivity contribution in [1.82, 2.24) is 14.7 Å². The van der Waals surface area contributed by atoms with Gasteiger partial charge in [-0.05, 0) is 23.8 Å². The largest absolute Gasteiger partial charge is 0.390 e. The Balaban J connectivity index is 1.24. The van der Waals surface area contributed by atoms with Crippen LogP contribution < -0.4 is 0 Å². The molecule has 2 amide bonds. The molecule has 2 saturated heterocycles. The minimum atomic E-state index is -0.711. The summed E-state index contributed by atoms with van der Waals surface area (Å²) < 4.78 is 0.